The lowest BCUT2D eigenvalue weighted by molar-refractivity contribution is 0.102. The Morgan fingerprint density at radius 2 is 1.95 bits per heavy atom. The smallest absolute Gasteiger partial charge is 0.255 e. The molecule has 0 unspecified atom stereocenters. The number of aromatic amines is 1. The third-order valence-corrected chi connectivity index (χ3v) is 3.05. The molecule has 0 saturated carbocycles. The highest BCUT2D eigenvalue weighted by Crippen LogP contribution is 2.17. The van der Waals surface area contributed by atoms with E-state index in [0.29, 0.717) is 28.9 Å². The van der Waals surface area contributed by atoms with Crippen LogP contribution in [0.15, 0.2) is 48.5 Å². The van der Waals surface area contributed by atoms with Crippen LogP contribution in [0, 0.1) is 0 Å². The van der Waals surface area contributed by atoms with Gasteiger partial charge >= 0.3 is 0 Å². The van der Waals surface area contributed by atoms with Gasteiger partial charge < -0.3 is 5.32 Å². The zero-order chi connectivity index (χ0) is 15.4. The maximum atomic E-state index is 12.1. The normalized spacial score (nSPS) is 10.2. The molecule has 0 fully saturated rings. The summed E-state index contributed by atoms with van der Waals surface area (Å²) in [5, 5.41) is 16.2. The van der Waals surface area contributed by atoms with Gasteiger partial charge in [0.1, 0.15) is 6.29 Å². The number of hydrogen-bond donors (Lipinski definition) is 2. The first-order valence-electron chi connectivity index (χ1n) is 6.47. The molecule has 0 bridgehead atoms. The van der Waals surface area contributed by atoms with E-state index in [1.165, 1.54) is 6.07 Å². The minimum Gasteiger partial charge on any atom is -0.322 e. The summed E-state index contributed by atoms with van der Waals surface area (Å²) in [7, 11) is 0. The first kappa shape index (κ1) is 13.6. The second-order valence-corrected chi connectivity index (χ2v) is 4.52. The topological polar surface area (TPSA) is 101 Å². The van der Waals surface area contributed by atoms with E-state index in [9.17, 15) is 9.59 Å². The van der Waals surface area contributed by atoms with E-state index in [2.05, 4.69) is 25.9 Å². The van der Waals surface area contributed by atoms with Crippen molar-refractivity contribution >= 4 is 17.9 Å². The average molecular weight is 293 g/mol. The molecule has 3 rings (SSSR count). The minimum atomic E-state index is -0.280. The maximum absolute atomic E-state index is 12.1. The van der Waals surface area contributed by atoms with Gasteiger partial charge in [-0.25, -0.2) is 5.10 Å². The van der Waals surface area contributed by atoms with Crippen molar-refractivity contribution in [1.82, 2.24) is 20.6 Å². The van der Waals surface area contributed by atoms with E-state index in [1.54, 1.807) is 42.5 Å². The monoisotopic (exact) mass is 293 g/mol. The summed E-state index contributed by atoms with van der Waals surface area (Å²) in [4.78, 5) is 22.9. The molecule has 0 spiro atoms. The Morgan fingerprint density at radius 1 is 1.14 bits per heavy atom. The van der Waals surface area contributed by atoms with Crippen molar-refractivity contribution in [2.24, 2.45) is 0 Å². The summed E-state index contributed by atoms with van der Waals surface area (Å²) < 4.78 is 0. The molecule has 0 aliphatic rings. The van der Waals surface area contributed by atoms with Gasteiger partial charge in [-0.15, -0.1) is 5.10 Å². The van der Waals surface area contributed by atoms with Gasteiger partial charge in [-0.2, -0.15) is 0 Å². The zero-order valence-electron chi connectivity index (χ0n) is 11.4. The van der Waals surface area contributed by atoms with Crippen molar-refractivity contribution < 1.29 is 9.59 Å². The van der Waals surface area contributed by atoms with Crippen molar-refractivity contribution in [1.29, 1.82) is 0 Å². The second-order valence-electron chi connectivity index (χ2n) is 4.52. The third-order valence-electron chi connectivity index (χ3n) is 3.05. The highest BCUT2D eigenvalue weighted by molar-refractivity contribution is 6.05. The van der Waals surface area contributed by atoms with Gasteiger partial charge in [0.2, 0.25) is 0 Å². The van der Waals surface area contributed by atoms with Gasteiger partial charge in [-0.3, -0.25) is 9.59 Å². The fourth-order valence-corrected chi connectivity index (χ4v) is 1.95. The van der Waals surface area contributed by atoms with Crippen molar-refractivity contribution in [3.63, 3.8) is 0 Å². The van der Waals surface area contributed by atoms with Crippen LogP contribution < -0.4 is 5.32 Å². The molecule has 7 heteroatoms. The molecule has 1 heterocycles. The van der Waals surface area contributed by atoms with Crippen LogP contribution in [0.1, 0.15) is 20.7 Å². The van der Waals surface area contributed by atoms with Crippen LogP contribution in [0.2, 0.25) is 0 Å². The fourth-order valence-electron chi connectivity index (χ4n) is 1.95. The average Bonchev–Trinajstić information content (AvgIpc) is 3.10. The number of carbonyl (C=O) groups excluding carboxylic acids is 2. The van der Waals surface area contributed by atoms with Crippen LogP contribution >= 0.6 is 0 Å². The Hall–Kier alpha value is -3.35. The third kappa shape index (κ3) is 2.88. The largest absolute Gasteiger partial charge is 0.322 e. The molecule has 0 saturated heterocycles. The number of anilines is 1. The van der Waals surface area contributed by atoms with Crippen molar-refractivity contribution in [2.75, 3.05) is 5.32 Å². The van der Waals surface area contributed by atoms with Crippen LogP contribution in [-0.4, -0.2) is 32.8 Å². The molecule has 108 valence electrons. The highest BCUT2D eigenvalue weighted by atomic mass is 16.1. The van der Waals surface area contributed by atoms with Gasteiger partial charge in [-0.05, 0) is 46.8 Å². The molecule has 22 heavy (non-hydrogen) atoms. The second kappa shape index (κ2) is 5.96. The van der Waals surface area contributed by atoms with Crippen LogP contribution in [0.25, 0.3) is 11.4 Å². The molecule has 1 aromatic heterocycles. The SMILES string of the molecule is O=Cc1cccc(C(=O)Nc2ccc(-c3nnn[nH]3)cc2)c1. The molecule has 2 aromatic carbocycles. The van der Waals surface area contributed by atoms with Crippen LogP contribution in [-0.2, 0) is 0 Å². The summed E-state index contributed by atoms with van der Waals surface area (Å²) in [6, 6.07) is 13.6. The van der Waals surface area contributed by atoms with Crippen molar-refractivity contribution in [3.8, 4) is 11.4 Å². The van der Waals surface area contributed by atoms with E-state index in [1.807, 2.05) is 0 Å². The lowest BCUT2D eigenvalue weighted by Crippen LogP contribution is -2.12. The van der Waals surface area contributed by atoms with Gasteiger partial charge in [0.25, 0.3) is 5.91 Å². The summed E-state index contributed by atoms with van der Waals surface area (Å²) >= 11 is 0. The Bertz CT molecular complexity index is 797. The minimum absolute atomic E-state index is 0.280. The molecule has 0 aliphatic heterocycles. The van der Waals surface area contributed by atoms with E-state index in [-0.39, 0.29) is 5.91 Å². The molecule has 0 radical (unpaired) electrons. The number of tetrazole rings is 1. The number of benzene rings is 2. The summed E-state index contributed by atoms with van der Waals surface area (Å²) in [5.41, 5.74) is 2.33. The molecule has 2 N–H and O–H groups in total. The summed E-state index contributed by atoms with van der Waals surface area (Å²) in [6.45, 7) is 0. The zero-order valence-corrected chi connectivity index (χ0v) is 11.4. The predicted octanol–water partition coefficient (Wildman–Crippen LogP) is 1.93. The standard InChI is InChI=1S/C15H11N5O2/c21-9-10-2-1-3-12(8-10)15(22)16-13-6-4-11(5-7-13)14-17-19-20-18-14/h1-9H,(H,16,22)(H,17,18,19,20). The fraction of sp³-hybridized carbons (Fsp3) is 0. The van der Waals surface area contributed by atoms with Gasteiger partial charge in [0.05, 0.1) is 0 Å². The summed E-state index contributed by atoms with van der Waals surface area (Å²) in [5.74, 6) is 0.273. The quantitative estimate of drug-likeness (QED) is 0.716. The number of aldehydes is 1. The number of rotatable bonds is 4. The number of nitrogens with zero attached hydrogens (tertiary/aromatic N) is 3. The Balaban J connectivity index is 1.75. The molecular weight excluding hydrogens is 282 g/mol. The van der Waals surface area contributed by atoms with E-state index in [0.717, 1.165) is 5.56 Å². The number of hydrogen-bond acceptors (Lipinski definition) is 5. The van der Waals surface area contributed by atoms with Gasteiger partial charge in [-0.1, -0.05) is 12.1 Å². The highest BCUT2D eigenvalue weighted by Gasteiger charge is 2.07. The van der Waals surface area contributed by atoms with Gasteiger partial charge in [0.15, 0.2) is 5.82 Å². The number of carbonyl (C=O) groups is 2. The number of H-pyrrole nitrogens is 1. The molecule has 3 aromatic rings. The van der Waals surface area contributed by atoms with E-state index in [4.69, 9.17) is 0 Å². The van der Waals surface area contributed by atoms with Crippen LogP contribution in [0.5, 0.6) is 0 Å². The Labute approximate surface area is 125 Å². The Morgan fingerprint density at radius 3 is 2.64 bits per heavy atom. The first-order chi connectivity index (χ1) is 10.8. The molecule has 7 nitrogen and oxygen atoms in total. The van der Waals surface area contributed by atoms with E-state index < -0.39 is 0 Å². The van der Waals surface area contributed by atoms with Gasteiger partial charge in [0, 0.05) is 22.4 Å². The van der Waals surface area contributed by atoms with Crippen molar-refractivity contribution in [2.45, 2.75) is 0 Å². The maximum Gasteiger partial charge on any atom is 0.255 e. The number of amides is 1. The van der Waals surface area contributed by atoms with E-state index >= 15 is 0 Å². The molecule has 0 aliphatic carbocycles. The lowest BCUT2D eigenvalue weighted by atomic mass is 10.1. The first-order valence-corrected chi connectivity index (χ1v) is 6.47. The number of aromatic nitrogens is 4. The molecule has 0 atom stereocenters. The lowest BCUT2D eigenvalue weighted by Gasteiger charge is -2.06. The van der Waals surface area contributed by atoms with Crippen molar-refractivity contribution in [3.05, 3.63) is 59.7 Å². The van der Waals surface area contributed by atoms with Crippen LogP contribution in [0.3, 0.4) is 0 Å². The molecular formula is C15H11N5O2. The molecule has 1 amide bonds. The number of nitrogens with one attached hydrogen (secondary N) is 2. The summed E-state index contributed by atoms with van der Waals surface area (Å²) in [6.07, 6.45) is 0.705. The predicted molar refractivity (Wildman–Crippen MR) is 79.4 cm³/mol. The Kier molecular flexibility index (Phi) is 3.69. The van der Waals surface area contributed by atoms with Crippen LogP contribution in [0.4, 0.5) is 5.69 Å².